The van der Waals surface area contributed by atoms with E-state index in [1.807, 2.05) is 19.3 Å². The van der Waals surface area contributed by atoms with Crippen molar-refractivity contribution in [1.29, 1.82) is 0 Å². The fourth-order valence-electron chi connectivity index (χ4n) is 2.44. The number of piperazine rings is 1. The third-order valence-corrected chi connectivity index (χ3v) is 3.77. The summed E-state index contributed by atoms with van der Waals surface area (Å²) in [5.41, 5.74) is 2.52. The lowest BCUT2D eigenvalue weighted by Crippen LogP contribution is -2.49. The number of pyridine rings is 1. The number of aromatic nitrogens is 1. The molecule has 100 valence electrons. The van der Waals surface area contributed by atoms with Gasteiger partial charge in [-0.3, -0.25) is 9.88 Å². The Kier molecular flexibility index (Phi) is 4.69. The van der Waals surface area contributed by atoms with Crippen molar-refractivity contribution in [3.8, 4) is 0 Å². The quantitative estimate of drug-likeness (QED) is 0.859. The van der Waals surface area contributed by atoms with Gasteiger partial charge < -0.3 is 10.2 Å². The van der Waals surface area contributed by atoms with Crippen LogP contribution in [0.25, 0.3) is 0 Å². The molecule has 2 rings (SSSR count). The summed E-state index contributed by atoms with van der Waals surface area (Å²) in [6.45, 7) is 7.57. The van der Waals surface area contributed by atoms with Gasteiger partial charge in [0, 0.05) is 45.0 Å². The molecule has 1 atom stereocenters. The van der Waals surface area contributed by atoms with Crippen molar-refractivity contribution < 1.29 is 0 Å². The molecule has 0 bridgehead atoms. The molecule has 1 aliphatic rings. The van der Waals surface area contributed by atoms with Gasteiger partial charge in [0.25, 0.3) is 0 Å². The highest BCUT2D eigenvalue weighted by molar-refractivity contribution is 5.19. The van der Waals surface area contributed by atoms with Crippen LogP contribution in [0.1, 0.15) is 18.2 Å². The number of hydrogen-bond donors (Lipinski definition) is 1. The molecule has 0 amide bonds. The monoisotopic (exact) mass is 248 g/mol. The molecule has 2 heterocycles. The summed E-state index contributed by atoms with van der Waals surface area (Å²) < 4.78 is 0. The fourth-order valence-corrected chi connectivity index (χ4v) is 2.44. The Morgan fingerprint density at radius 2 is 2.28 bits per heavy atom. The van der Waals surface area contributed by atoms with E-state index >= 15 is 0 Å². The number of nitrogens with one attached hydrogen (secondary N) is 1. The van der Waals surface area contributed by atoms with E-state index < -0.39 is 0 Å². The van der Waals surface area contributed by atoms with Gasteiger partial charge in [0.2, 0.25) is 0 Å². The highest BCUT2D eigenvalue weighted by atomic mass is 15.3. The van der Waals surface area contributed by atoms with Crippen molar-refractivity contribution in [2.75, 3.05) is 33.7 Å². The van der Waals surface area contributed by atoms with Crippen molar-refractivity contribution in [2.45, 2.75) is 26.1 Å². The van der Waals surface area contributed by atoms with Gasteiger partial charge in [-0.15, -0.1) is 0 Å². The first-order valence-electron chi connectivity index (χ1n) is 6.70. The molecule has 1 N–H and O–H groups in total. The summed E-state index contributed by atoms with van der Waals surface area (Å²) in [6, 6.07) is 4.82. The van der Waals surface area contributed by atoms with Crippen LogP contribution in [0.4, 0.5) is 0 Å². The standard InChI is InChI=1S/C14H24N4/c1-12-10-18(8-7-17(12)3)11-14-13(9-15-2)5-4-6-16-14/h4-6,12,15H,7-11H2,1-3H3. The molecule has 0 radical (unpaired) electrons. The average molecular weight is 248 g/mol. The Morgan fingerprint density at radius 3 is 3.00 bits per heavy atom. The Bertz CT molecular complexity index is 380. The van der Waals surface area contributed by atoms with Crippen molar-refractivity contribution in [1.82, 2.24) is 20.1 Å². The zero-order valence-corrected chi connectivity index (χ0v) is 11.7. The van der Waals surface area contributed by atoms with Crippen molar-refractivity contribution in [2.24, 2.45) is 0 Å². The third kappa shape index (κ3) is 3.28. The van der Waals surface area contributed by atoms with Gasteiger partial charge >= 0.3 is 0 Å². The van der Waals surface area contributed by atoms with Crippen LogP contribution in [-0.4, -0.2) is 54.6 Å². The highest BCUT2D eigenvalue weighted by Crippen LogP contribution is 2.13. The van der Waals surface area contributed by atoms with Crippen molar-refractivity contribution >= 4 is 0 Å². The molecule has 1 aromatic rings. The van der Waals surface area contributed by atoms with E-state index in [0.29, 0.717) is 6.04 Å². The molecule has 1 fully saturated rings. The maximum Gasteiger partial charge on any atom is 0.0588 e. The van der Waals surface area contributed by atoms with Crippen LogP contribution in [0.5, 0.6) is 0 Å². The van der Waals surface area contributed by atoms with Crippen LogP contribution in [0.3, 0.4) is 0 Å². The number of hydrogen-bond acceptors (Lipinski definition) is 4. The molecule has 0 saturated carbocycles. The van der Waals surface area contributed by atoms with Crippen LogP contribution in [0.2, 0.25) is 0 Å². The SMILES string of the molecule is CNCc1cccnc1CN1CCN(C)C(C)C1. The maximum atomic E-state index is 4.54. The van der Waals surface area contributed by atoms with Crippen LogP contribution < -0.4 is 5.32 Å². The molecule has 1 saturated heterocycles. The molecule has 0 spiro atoms. The van der Waals surface area contributed by atoms with E-state index in [9.17, 15) is 0 Å². The van der Waals surface area contributed by atoms with Gasteiger partial charge in [-0.05, 0) is 32.6 Å². The van der Waals surface area contributed by atoms with Gasteiger partial charge in [-0.2, -0.15) is 0 Å². The average Bonchev–Trinajstić information content (AvgIpc) is 2.37. The molecule has 18 heavy (non-hydrogen) atoms. The second kappa shape index (κ2) is 6.27. The van der Waals surface area contributed by atoms with E-state index in [1.54, 1.807) is 0 Å². The summed E-state index contributed by atoms with van der Waals surface area (Å²) in [5, 5.41) is 3.21. The molecule has 4 heteroatoms. The predicted molar refractivity (Wildman–Crippen MR) is 74.4 cm³/mol. The molecule has 1 unspecified atom stereocenters. The topological polar surface area (TPSA) is 31.4 Å². The van der Waals surface area contributed by atoms with E-state index in [1.165, 1.54) is 11.3 Å². The lowest BCUT2D eigenvalue weighted by Gasteiger charge is -2.37. The summed E-state index contributed by atoms with van der Waals surface area (Å²) in [5.74, 6) is 0. The zero-order valence-electron chi connectivity index (χ0n) is 11.7. The van der Waals surface area contributed by atoms with Crippen molar-refractivity contribution in [3.05, 3.63) is 29.6 Å². The number of likely N-dealkylation sites (N-methyl/N-ethyl adjacent to an activating group) is 1. The van der Waals surface area contributed by atoms with Gasteiger partial charge in [-0.25, -0.2) is 0 Å². The molecule has 0 aromatic carbocycles. The van der Waals surface area contributed by atoms with Crippen LogP contribution >= 0.6 is 0 Å². The normalized spacial score (nSPS) is 22.3. The minimum Gasteiger partial charge on any atom is -0.316 e. The molecule has 1 aliphatic heterocycles. The Labute approximate surface area is 110 Å². The smallest absolute Gasteiger partial charge is 0.0588 e. The van der Waals surface area contributed by atoms with Crippen LogP contribution in [0, 0.1) is 0 Å². The second-order valence-corrected chi connectivity index (χ2v) is 5.20. The first-order valence-corrected chi connectivity index (χ1v) is 6.70. The predicted octanol–water partition coefficient (Wildman–Crippen LogP) is 0.937. The first kappa shape index (κ1) is 13.5. The van der Waals surface area contributed by atoms with Crippen molar-refractivity contribution in [3.63, 3.8) is 0 Å². The van der Waals surface area contributed by atoms with Gasteiger partial charge in [0.1, 0.15) is 0 Å². The summed E-state index contributed by atoms with van der Waals surface area (Å²) in [7, 11) is 4.18. The fraction of sp³-hybridized carbons (Fsp3) is 0.643. The van der Waals surface area contributed by atoms with E-state index in [0.717, 1.165) is 32.7 Å². The van der Waals surface area contributed by atoms with E-state index in [4.69, 9.17) is 0 Å². The number of rotatable bonds is 4. The van der Waals surface area contributed by atoms with Gasteiger partial charge in [-0.1, -0.05) is 6.07 Å². The minimum atomic E-state index is 0.634. The Balaban J connectivity index is 2.01. The van der Waals surface area contributed by atoms with Gasteiger partial charge in [0.05, 0.1) is 5.69 Å². The lowest BCUT2D eigenvalue weighted by molar-refractivity contribution is 0.0988. The van der Waals surface area contributed by atoms with E-state index in [2.05, 4.69) is 40.1 Å². The van der Waals surface area contributed by atoms with Gasteiger partial charge in [0.15, 0.2) is 0 Å². The molecule has 4 nitrogen and oxygen atoms in total. The van der Waals surface area contributed by atoms with E-state index in [-0.39, 0.29) is 0 Å². The number of nitrogens with zero attached hydrogens (tertiary/aromatic N) is 3. The first-order chi connectivity index (χ1) is 8.70. The third-order valence-electron chi connectivity index (χ3n) is 3.77. The molecular formula is C14H24N4. The minimum absolute atomic E-state index is 0.634. The lowest BCUT2D eigenvalue weighted by atomic mass is 10.1. The summed E-state index contributed by atoms with van der Waals surface area (Å²) in [4.78, 5) is 9.47. The molecule has 1 aromatic heterocycles. The zero-order chi connectivity index (χ0) is 13.0. The van der Waals surface area contributed by atoms with Crippen LogP contribution in [0.15, 0.2) is 18.3 Å². The van der Waals surface area contributed by atoms with Crippen LogP contribution in [-0.2, 0) is 13.1 Å². The highest BCUT2D eigenvalue weighted by Gasteiger charge is 2.21. The maximum absolute atomic E-state index is 4.54. The summed E-state index contributed by atoms with van der Waals surface area (Å²) >= 11 is 0. The Hall–Kier alpha value is -0.970. The molecule has 0 aliphatic carbocycles. The largest absolute Gasteiger partial charge is 0.316 e. The Morgan fingerprint density at radius 1 is 1.44 bits per heavy atom. The molecular weight excluding hydrogens is 224 g/mol. The second-order valence-electron chi connectivity index (χ2n) is 5.20. The summed E-state index contributed by atoms with van der Waals surface area (Å²) in [6.07, 6.45) is 1.90.